The highest BCUT2D eigenvalue weighted by molar-refractivity contribution is 7.99. The third-order valence-electron chi connectivity index (χ3n) is 4.39. The summed E-state index contributed by atoms with van der Waals surface area (Å²) in [6.07, 6.45) is 1.54. The van der Waals surface area contributed by atoms with Gasteiger partial charge >= 0.3 is 0 Å². The Morgan fingerprint density at radius 2 is 2.00 bits per heavy atom. The van der Waals surface area contributed by atoms with E-state index >= 15 is 0 Å². The van der Waals surface area contributed by atoms with Crippen molar-refractivity contribution in [3.05, 3.63) is 29.3 Å². The predicted molar refractivity (Wildman–Crippen MR) is 97.9 cm³/mol. The number of carbonyl (C=O) groups is 2. The van der Waals surface area contributed by atoms with Crippen molar-refractivity contribution in [2.24, 2.45) is 11.7 Å². The van der Waals surface area contributed by atoms with Crippen molar-refractivity contribution < 1.29 is 9.59 Å². The van der Waals surface area contributed by atoms with E-state index in [1.807, 2.05) is 26.0 Å². The van der Waals surface area contributed by atoms with E-state index in [-0.39, 0.29) is 23.5 Å². The lowest BCUT2D eigenvalue weighted by atomic mass is 9.97. The number of nitrogens with zero attached hydrogens (tertiary/aromatic N) is 5. The number of piperidine rings is 1. The summed E-state index contributed by atoms with van der Waals surface area (Å²) >= 11 is 1.29. The molecular formula is C17H22N6O2S. The molecule has 1 aromatic carbocycles. The summed E-state index contributed by atoms with van der Waals surface area (Å²) in [6.45, 7) is 5.09. The van der Waals surface area contributed by atoms with E-state index in [1.165, 1.54) is 11.8 Å². The van der Waals surface area contributed by atoms with E-state index in [0.717, 1.165) is 29.7 Å². The molecule has 2 N–H and O–H groups in total. The largest absolute Gasteiger partial charge is 0.369 e. The minimum atomic E-state index is -0.339. The highest BCUT2D eigenvalue weighted by Gasteiger charge is 2.27. The van der Waals surface area contributed by atoms with Gasteiger partial charge in [0.25, 0.3) is 0 Å². The molecule has 1 aromatic heterocycles. The van der Waals surface area contributed by atoms with Crippen LogP contribution in [-0.2, 0) is 9.59 Å². The molecule has 8 nitrogen and oxygen atoms in total. The summed E-state index contributed by atoms with van der Waals surface area (Å²) in [5, 5.41) is 12.4. The maximum Gasteiger partial charge on any atom is 0.233 e. The number of aryl methyl sites for hydroxylation is 2. The highest BCUT2D eigenvalue weighted by atomic mass is 32.2. The lowest BCUT2D eigenvalue weighted by Crippen LogP contribution is -2.44. The quantitative estimate of drug-likeness (QED) is 0.785. The number of rotatable bonds is 5. The van der Waals surface area contributed by atoms with Gasteiger partial charge in [-0.15, -0.1) is 5.10 Å². The maximum absolute atomic E-state index is 12.5. The first-order valence-electron chi connectivity index (χ1n) is 8.51. The second kappa shape index (κ2) is 7.86. The smallest absolute Gasteiger partial charge is 0.233 e. The Morgan fingerprint density at radius 3 is 2.69 bits per heavy atom. The summed E-state index contributed by atoms with van der Waals surface area (Å²) in [5.74, 6) is -0.403. The number of amides is 2. The van der Waals surface area contributed by atoms with Crippen molar-refractivity contribution in [1.29, 1.82) is 0 Å². The predicted octanol–water partition coefficient (Wildman–Crippen LogP) is 1.10. The fraction of sp³-hybridized carbons (Fsp3) is 0.471. The zero-order valence-corrected chi connectivity index (χ0v) is 15.7. The van der Waals surface area contributed by atoms with Crippen LogP contribution in [0.3, 0.4) is 0 Å². The molecule has 1 atom stereocenters. The van der Waals surface area contributed by atoms with E-state index in [1.54, 1.807) is 9.58 Å². The average Bonchev–Trinajstić information content (AvgIpc) is 3.07. The number of primary amides is 1. The number of likely N-dealkylation sites (tertiary alicyclic amines) is 1. The van der Waals surface area contributed by atoms with Gasteiger partial charge in [0.1, 0.15) is 0 Å². The van der Waals surface area contributed by atoms with E-state index < -0.39 is 0 Å². The third kappa shape index (κ3) is 4.21. The molecule has 9 heteroatoms. The summed E-state index contributed by atoms with van der Waals surface area (Å²) in [4.78, 5) is 25.6. The first-order chi connectivity index (χ1) is 12.4. The fourth-order valence-electron chi connectivity index (χ4n) is 3.16. The summed E-state index contributed by atoms with van der Waals surface area (Å²) in [7, 11) is 0. The van der Waals surface area contributed by atoms with Crippen LogP contribution in [0.1, 0.15) is 24.0 Å². The van der Waals surface area contributed by atoms with Crippen molar-refractivity contribution in [1.82, 2.24) is 25.1 Å². The molecule has 0 bridgehead atoms. The van der Waals surface area contributed by atoms with Crippen LogP contribution in [0.15, 0.2) is 23.4 Å². The summed E-state index contributed by atoms with van der Waals surface area (Å²) < 4.78 is 1.64. The Labute approximate surface area is 156 Å². The van der Waals surface area contributed by atoms with Crippen LogP contribution in [-0.4, -0.2) is 55.8 Å². The minimum absolute atomic E-state index is 0.0316. The Kier molecular flexibility index (Phi) is 5.55. The molecule has 1 saturated heterocycles. The third-order valence-corrected chi connectivity index (χ3v) is 5.30. The Balaban J connectivity index is 1.66. The van der Waals surface area contributed by atoms with E-state index in [0.29, 0.717) is 18.2 Å². The molecule has 26 heavy (non-hydrogen) atoms. The van der Waals surface area contributed by atoms with Crippen molar-refractivity contribution in [2.45, 2.75) is 31.8 Å². The van der Waals surface area contributed by atoms with Gasteiger partial charge in [-0.2, -0.15) is 4.68 Å². The number of thioether (sulfide) groups is 1. The molecule has 0 aliphatic carbocycles. The number of hydrogen-bond donors (Lipinski definition) is 1. The lowest BCUT2D eigenvalue weighted by molar-refractivity contribution is -0.132. The zero-order chi connectivity index (χ0) is 18.7. The number of hydrogen-bond acceptors (Lipinski definition) is 6. The van der Waals surface area contributed by atoms with Crippen LogP contribution in [0, 0.1) is 19.8 Å². The Hall–Kier alpha value is -2.42. The molecule has 2 aromatic rings. The van der Waals surface area contributed by atoms with Gasteiger partial charge in [-0.25, -0.2) is 0 Å². The lowest BCUT2D eigenvalue weighted by Gasteiger charge is -2.31. The van der Waals surface area contributed by atoms with Gasteiger partial charge in [-0.05, 0) is 60.4 Å². The number of tetrazole rings is 1. The van der Waals surface area contributed by atoms with Crippen LogP contribution < -0.4 is 5.73 Å². The molecule has 2 heterocycles. The van der Waals surface area contributed by atoms with Crippen LogP contribution in [0.5, 0.6) is 0 Å². The average molecular weight is 374 g/mol. The maximum atomic E-state index is 12.5. The molecule has 1 fully saturated rings. The summed E-state index contributed by atoms with van der Waals surface area (Å²) in [6, 6.07) is 6.07. The van der Waals surface area contributed by atoms with Gasteiger partial charge in [-0.3, -0.25) is 9.59 Å². The van der Waals surface area contributed by atoms with Crippen LogP contribution >= 0.6 is 11.8 Å². The second-order valence-corrected chi connectivity index (χ2v) is 7.53. The van der Waals surface area contributed by atoms with Gasteiger partial charge in [0.05, 0.1) is 17.4 Å². The summed E-state index contributed by atoms with van der Waals surface area (Å²) in [5.41, 5.74) is 8.48. The monoisotopic (exact) mass is 374 g/mol. The van der Waals surface area contributed by atoms with Crippen LogP contribution in [0.4, 0.5) is 0 Å². The first-order valence-corrected chi connectivity index (χ1v) is 9.49. The second-order valence-electron chi connectivity index (χ2n) is 6.59. The van der Waals surface area contributed by atoms with Gasteiger partial charge < -0.3 is 10.6 Å². The van der Waals surface area contributed by atoms with Gasteiger partial charge in [0.15, 0.2) is 0 Å². The Bertz CT molecular complexity index is 801. The number of benzene rings is 1. The van der Waals surface area contributed by atoms with Crippen LogP contribution in [0.25, 0.3) is 5.69 Å². The molecule has 0 unspecified atom stereocenters. The molecule has 1 aliphatic heterocycles. The molecule has 0 saturated carbocycles. The first kappa shape index (κ1) is 18.4. The molecule has 138 valence electrons. The normalized spacial score (nSPS) is 17.3. The van der Waals surface area contributed by atoms with E-state index in [4.69, 9.17) is 5.73 Å². The van der Waals surface area contributed by atoms with Crippen molar-refractivity contribution in [2.75, 3.05) is 18.8 Å². The molecule has 3 rings (SSSR count). The molecule has 0 radical (unpaired) electrons. The fourth-order valence-corrected chi connectivity index (χ4v) is 3.95. The number of aromatic nitrogens is 4. The van der Waals surface area contributed by atoms with Crippen molar-refractivity contribution in [3.63, 3.8) is 0 Å². The molecule has 0 spiro atoms. The molecule has 1 aliphatic rings. The zero-order valence-electron chi connectivity index (χ0n) is 14.9. The SMILES string of the molecule is Cc1cc(C)cc(-n2nnnc2SCC(=O)N2CCC[C@@H](C(N)=O)C2)c1. The van der Waals surface area contributed by atoms with Crippen LogP contribution in [0.2, 0.25) is 0 Å². The minimum Gasteiger partial charge on any atom is -0.369 e. The van der Waals surface area contributed by atoms with E-state index in [2.05, 4.69) is 21.6 Å². The highest BCUT2D eigenvalue weighted by Crippen LogP contribution is 2.22. The topological polar surface area (TPSA) is 107 Å². The molecule has 2 amide bonds. The Morgan fingerprint density at radius 1 is 1.27 bits per heavy atom. The van der Waals surface area contributed by atoms with Gasteiger partial charge in [-0.1, -0.05) is 17.8 Å². The van der Waals surface area contributed by atoms with Gasteiger partial charge in [0.2, 0.25) is 17.0 Å². The van der Waals surface area contributed by atoms with E-state index in [9.17, 15) is 9.59 Å². The van der Waals surface area contributed by atoms with Crippen molar-refractivity contribution >= 4 is 23.6 Å². The number of carbonyl (C=O) groups excluding carboxylic acids is 2. The van der Waals surface area contributed by atoms with Crippen molar-refractivity contribution in [3.8, 4) is 5.69 Å². The molecular weight excluding hydrogens is 352 g/mol. The standard InChI is InChI=1S/C17H22N6O2S/c1-11-6-12(2)8-14(7-11)23-17(19-20-21-23)26-10-15(24)22-5-3-4-13(9-22)16(18)25/h6-8,13H,3-5,9-10H2,1-2H3,(H2,18,25)/t13-/m1/s1. The van der Waals surface area contributed by atoms with Gasteiger partial charge in [0, 0.05) is 13.1 Å². The number of nitrogens with two attached hydrogens (primary N) is 1.